The minimum Gasteiger partial charge on any atom is -1.00 e. The van der Waals surface area contributed by atoms with Gasteiger partial charge in [0.05, 0.1) is 0 Å². The Labute approximate surface area is 157 Å². The Bertz CT molecular complexity index is 653. The first-order valence-corrected chi connectivity index (χ1v) is 9.00. The monoisotopic (exact) mass is 361 g/mol. The summed E-state index contributed by atoms with van der Waals surface area (Å²) in [6.07, 6.45) is 0. The van der Waals surface area contributed by atoms with E-state index in [1.165, 1.54) is 11.4 Å². The molecule has 4 nitrogen and oxygen atoms in total. The van der Waals surface area contributed by atoms with Gasteiger partial charge in [-0.3, -0.25) is 5.32 Å². The Morgan fingerprint density at radius 3 is 1.48 bits per heavy atom. The van der Waals surface area contributed by atoms with Gasteiger partial charge in [-0.25, -0.2) is 0 Å². The highest BCUT2D eigenvalue weighted by molar-refractivity contribution is 5.67. The number of fused-ring (bicyclic) bond motifs is 2. The van der Waals surface area contributed by atoms with Crippen molar-refractivity contribution in [1.82, 2.24) is 0 Å². The molecule has 25 heavy (non-hydrogen) atoms. The second kappa shape index (κ2) is 8.45. The molecule has 1 aliphatic rings. The molecule has 0 amide bonds. The number of anilines is 2. The molecular weight excluding hydrogens is 334 g/mol. The zero-order valence-corrected chi connectivity index (χ0v) is 16.3. The summed E-state index contributed by atoms with van der Waals surface area (Å²) < 4.78 is 6.25. The normalized spacial score (nSPS) is 11.7. The number of hydrogen-bond acceptors (Lipinski definition) is 3. The molecule has 3 rings (SSSR count). The third-order valence-corrected chi connectivity index (χ3v) is 4.78. The average Bonchev–Trinajstić information content (AvgIpc) is 2.62. The van der Waals surface area contributed by atoms with Gasteiger partial charge in [0, 0.05) is 61.8 Å². The van der Waals surface area contributed by atoms with Gasteiger partial charge in [0.25, 0.3) is 0 Å². The number of ether oxygens (including phenoxy) is 1. The largest absolute Gasteiger partial charge is 1.00 e. The van der Waals surface area contributed by atoms with Gasteiger partial charge >= 0.3 is 0 Å². The van der Waals surface area contributed by atoms with Gasteiger partial charge in [-0.2, -0.15) is 0 Å². The molecule has 0 aliphatic carbocycles. The van der Waals surface area contributed by atoms with Crippen LogP contribution >= 0.6 is 0 Å². The number of hydrogen-bond donors (Lipinski definition) is 1. The Hall–Kier alpha value is -1.91. The van der Waals surface area contributed by atoms with E-state index in [1.807, 2.05) is 0 Å². The molecule has 136 valence electrons. The van der Waals surface area contributed by atoms with E-state index >= 15 is 0 Å². The van der Waals surface area contributed by atoms with Crippen molar-refractivity contribution in [2.45, 2.75) is 27.7 Å². The lowest BCUT2D eigenvalue weighted by molar-refractivity contribution is -0.483. The quantitative estimate of drug-likeness (QED) is 0.665. The molecule has 0 radical (unpaired) electrons. The van der Waals surface area contributed by atoms with Crippen LogP contribution in [-0.2, 0) is 0 Å². The Balaban J connectivity index is 0.00000225. The second-order valence-corrected chi connectivity index (χ2v) is 6.04. The molecule has 0 saturated heterocycles. The molecule has 0 unspecified atom stereocenters. The standard InChI is InChI=1S/C20H27N3O.ClH/c1-5-22(6-2)15-9-11-17-19(13-15)24-20-14-16(23(7-3)8-4)10-12-18(20)21-17;/h9-14,21H,5-8H2,1-4H3;1H. The number of quaternary nitrogens is 1. The molecular formula is C20H28ClN3O. The van der Waals surface area contributed by atoms with Gasteiger partial charge in [-0.05, 0) is 39.8 Å². The smallest absolute Gasteiger partial charge is 0.190 e. The summed E-state index contributed by atoms with van der Waals surface area (Å²) in [5.41, 5.74) is 4.73. The first kappa shape index (κ1) is 19.4. The van der Waals surface area contributed by atoms with Gasteiger partial charge in [-0.15, -0.1) is 0 Å². The summed E-state index contributed by atoms with van der Waals surface area (Å²) in [4.78, 5) is 4.68. The number of rotatable bonds is 6. The van der Waals surface area contributed by atoms with Crippen LogP contribution in [0, 0.1) is 0 Å². The summed E-state index contributed by atoms with van der Waals surface area (Å²) in [5, 5.41) is 2.21. The van der Waals surface area contributed by atoms with Gasteiger partial charge in [0.15, 0.2) is 22.9 Å². The molecule has 0 aromatic heterocycles. The predicted molar refractivity (Wildman–Crippen MR) is 101 cm³/mol. The average molecular weight is 362 g/mol. The summed E-state index contributed by atoms with van der Waals surface area (Å²) in [7, 11) is 0. The van der Waals surface area contributed by atoms with Gasteiger partial charge < -0.3 is 26.9 Å². The fourth-order valence-electron chi connectivity index (χ4n) is 3.32. The summed E-state index contributed by atoms with van der Waals surface area (Å²) in [5.74, 6) is 1.90. The lowest BCUT2D eigenvalue weighted by Crippen LogP contribution is -3.00. The summed E-state index contributed by atoms with van der Waals surface area (Å²) >= 11 is 0. The molecule has 0 fully saturated rings. The Morgan fingerprint density at radius 2 is 1.12 bits per heavy atom. The Kier molecular flexibility index (Phi) is 6.57. The van der Waals surface area contributed by atoms with Crippen LogP contribution in [0.4, 0.5) is 22.7 Å². The lowest BCUT2D eigenvalue weighted by atomic mass is 10.1. The van der Waals surface area contributed by atoms with E-state index < -0.39 is 0 Å². The summed E-state index contributed by atoms with van der Waals surface area (Å²) in [6, 6.07) is 13.0. The van der Waals surface area contributed by atoms with E-state index in [-0.39, 0.29) is 12.4 Å². The van der Waals surface area contributed by atoms with E-state index in [4.69, 9.17) is 4.74 Å². The number of nitrogens with two attached hydrogens (primary N) is 1. The summed E-state index contributed by atoms with van der Waals surface area (Å²) in [6.45, 7) is 12.7. The van der Waals surface area contributed by atoms with Gasteiger partial charge in [-0.1, -0.05) is 0 Å². The van der Waals surface area contributed by atoms with Crippen molar-refractivity contribution in [1.29, 1.82) is 0 Å². The van der Waals surface area contributed by atoms with Crippen molar-refractivity contribution in [3.05, 3.63) is 36.4 Å². The minimum atomic E-state index is 0. The molecule has 2 aromatic rings. The van der Waals surface area contributed by atoms with Crippen molar-refractivity contribution < 1.29 is 22.5 Å². The van der Waals surface area contributed by atoms with Crippen molar-refractivity contribution in [3.63, 3.8) is 0 Å². The molecule has 0 atom stereocenters. The first-order chi connectivity index (χ1) is 11.7. The van der Waals surface area contributed by atoms with E-state index in [2.05, 4.69) is 79.2 Å². The lowest BCUT2D eigenvalue weighted by Gasteiger charge is -2.25. The highest BCUT2D eigenvalue weighted by Crippen LogP contribution is 2.39. The topological polar surface area (TPSA) is 32.3 Å². The first-order valence-electron chi connectivity index (χ1n) is 9.00. The van der Waals surface area contributed by atoms with Crippen LogP contribution < -0.4 is 32.3 Å². The van der Waals surface area contributed by atoms with Gasteiger partial charge in [0.1, 0.15) is 0 Å². The van der Waals surface area contributed by atoms with Crippen molar-refractivity contribution in [3.8, 4) is 11.5 Å². The van der Waals surface area contributed by atoms with Crippen LogP contribution in [0.3, 0.4) is 0 Å². The number of benzene rings is 2. The Morgan fingerprint density at radius 1 is 0.720 bits per heavy atom. The van der Waals surface area contributed by atoms with Crippen LogP contribution in [0.5, 0.6) is 11.5 Å². The van der Waals surface area contributed by atoms with Crippen LogP contribution in [0.2, 0.25) is 0 Å². The third kappa shape index (κ3) is 3.86. The number of halogens is 1. The number of nitrogens with zero attached hydrogens (tertiary/aromatic N) is 2. The predicted octanol–water partition coefficient (Wildman–Crippen LogP) is 1.02. The highest BCUT2D eigenvalue weighted by Gasteiger charge is 2.23. The fraction of sp³-hybridized carbons (Fsp3) is 0.400. The second-order valence-electron chi connectivity index (χ2n) is 6.04. The van der Waals surface area contributed by atoms with Gasteiger partial charge in [0.2, 0.25) is 0 Å². The molecule has 1 aliphatic heterocycles. The molecule has 2 N–H and O–H groups in total. The molecule has 0 bridgehead atoms. The minimum absolute atomic E-state index is 0. The van der Waals surface area contributed by atoms with E-state index in [0.29, 0.717) is 0 Å². The SMILES string of the molecule is CCN(CC)c1ccc2c(c1)Oc1cc(N(CC)CC)ccc1[NH2+]2.[Cl-]. The maximum absolute atomic E-state index is 6.25. The molecule has 0 saturated carbocycles. The highest BCUT2D eigenvalue weighted by atomic mass is 35.5. The van der Waals surface area contributed by atoms with Crippen molar-refractivity contribution in [2.75, 3.05) is 36.0 Å². The zero-order chi connectivity index (χ0) is 17.1. The molecule has 2 aromatic carbocycles. The van der Waals surface area contributed by atoms with Crippen LogP contribution in [0.25, 0.3) is 0 Å². The zero-order valence-electron chi connectivity index (χ0n) is 15.6. The maximum Gasteiger partial charge on any atom is 0.190 e. The van der Waals surface area contributed by atoms with E-state index in [9.17, 15) is 0 Å². The maximum atomic E-state index is 6.25. The third-order valence-electron chi connectivity index (χ3n) is 4.78. The van der Waals surface area contributed by atoms with E-state index in [0.717, 1.165) is 49.1 Å². The fourth-order valence-corrected chi connectivity index (χ4v) is 3.32. The molecule has 5 heteroatoms. The van der Waals surface area contributed by atoms with Crippen LogP contribution in [-0.4, -0.2) is 26.2 Å². The molecule has 0 spiro atoms. The van der Waals surface area contributed by atoms with E-state index in [1.54, 1.807) is 0 Å². The molecule has 1 heterocycles. The van der Waals surface area contributed by atoms with Crippen LogP contribution in [0.15, 0.2) is 36.4 Å². The van der Waals surface area contributed by atoms with Crippen LogP contribution in [0.1, 0.15) is 27.7 Å². The van der Waals surface area contributed by atoms with Crippen molar-refractivity contribution >= 4 is 22.7 Å². The van der Waals surface area contributed by atoms with Crippen molar-refractivity contribution in [2.24, 2.45) is 0 Å².